The SMILES string of the molecule is COC(=O)c1cc2nc(CC3CCCS(=O)(=O)C3)n(C)c2cc1NC(=O)c1cccc(C(F)(F)F)n1. The fourth-order valence-corrected chi connectivity index (χ4v) is 6.07. The predicted octanol–water partition coefficient (Wildman–Crippen LogP) is 3.39. The Hall–Kier alpha value is -3.48. The van der Waals surface area contributed by atoms with Gasteiger partial charge >= 0.3 is 12.1 Å². The number of pyridine rings is 1. The zero-order valence-corrected chi connectivity index (χ0v) is 20.2. The summed E-state index contributed by atoms with van der Waals surface area (Å²) in [6, 6.07) is 5.82. The summed E-state index contributed by atoms with van der Waals surface area (Å²) in [4.78, 5) is 33.1. The lowest BCUT2D eigenvalue weighted by Gasteiger charge is -2.21. The Morgan fingerprint density at radius 1 is 1.22 bits per heavy atom. The third kappa shape index (κ3) is 5.35. The lowest BCUT2D eigenvalue weighted by Crippen LogP contribution is -2.27. The zero-order chi connectivity index (χ0) is 26.3. The van der Waals surface area contributed by atoms with Gasteiger partial charge in [0.1, 0.15) is 17.2 Å². The van der Waals surface area contributed by atoms with Crippen molar-refractivity contribution in [3.63, 3.8) is 0 Å². The molecule has 1 aliphatic rings. The number of carbonyl (C=O) groups is 2. The fourth-order valence-electron chi connectivity index (χ4n) is 4.30. The standard InChI is InChI=1S/C23H23F3N4O5S/c1-30-18-11-16(29-21(31)15-6-3-7-19(27-15)23(24,25)26)14(22(32)35-2)10-17(18)28-20(30)9-13-5-4-8-36(33,34)12-13/h3,6-7,10-11,13H,4-5,8-9,12H2,1-2H3,(H,29,31). The molecule has 1 aliphatic heterocycles. The van der Waals surface area contributed by atoms with Gasteiger partial charge in [0.2, 0.25) is 0 Å². The number of nitrogens with one attached hydrogen (secondary N) is 1. The van der Waals surface area contributed by atoms with E-state index in [0.29, 0.717) is 29.7 Å². The number of hydrogen-bond acceptors (Lipinski definition) is 7. The summed E-state index contributed by atoms with van der Waals surface area (Å²) in [6.45, 7) is 0. The highest BCUT2D eigenvalue weighted by atomic mass is 32.2. The molecule has 0 aliphatic carbocycles. The second-order valence-electron chi connectivity index (χ2n) is 8.65. The molecule has 2 aromatic heterocycles. The van der Waals surface area contributed by atoms with Gasteiger partial charge in [-0.05, 0) is 43.0 Å². The lowest BCUT2D eigenvalue weighted by molar-refractivity contribution is -0.141. The second-order valence-corrected chi connectivity index (χ2v) is 10.9. The maximum atomic E-state index is 13.0. The normalized spacial score (nSPS) is 17.6. The van der Waals surface area contributed by atoms with Crippen LogP contribution in [0.5, 0.6) is 0 Å². The van der Waals surface area contributed by atoms with Crippen molar-refractivity contribution in [2.75, 3.05) is 23.9 Å². The third-order valence-electron chi connectivity index (χ3n) is 6.07. The Kier molecular flexibility index (Phi) is 6.78. The van der Waals surface area contributed by atoms with Gasteiger partial charge in [-0.15, -0.1) is 0 Å². The van der Waals surface area contributed by atoms with Gasteiger partial charge in [0.15, 0.2) is 9.84 Å². The van der Waals surface area contributed by atoms with Gasteiger partial charge in [0.05, 0.1) is 40.9 Å². The summed E-state index contributed by atoms with van der Waals surface area (Å²) < 4.78 is 69.6. The molecule has 13 heteroatoms. The highest BCUT2D eigenvalue weighted by Gasteiger charge is 2.33. The molecule has 3 heterocycles. The quantitative estimate of drug-likeness (QED) is 0.508. The Balaban J connectivity index is 1.69. The van der Waals surface area contributed by atoms with E-state index in [9.17, 15) is 31.2 Å². The largest absolute Gasteiger partial charge is 0.465 e. The van der Waals surface area contributed by atoms with E-state index in [-0.39, 0.29) is 28.7 Å². The topological polar surface area (TPSA) is 120 Å². The number of sulfone groups is 1. The minimum absolute atomic E-state index is 0.00774. The van der Waals surface area contributed by atoms with Crippen LogP contribution in [0.2, 0.25) is 0 Å². The second kappa shape index (κ2) is 9.52. The van der Waals surface area contributed by atoms with Crippen LogP contribution in [-0.4, -0.2) is 53.4 Å². The number of esters is 1. The first kappa shape index (κ1) is 25.6. The number of halogens is 3. The number of amides is 1. The summed E-state index contributed by atoms with van der Waals surface area (Å²) in [5, 5.41) is 2.45. The molecule has 1 saturated heterocycles. The third-order valence-corrected chi connectivity index (χ3v) is 7.96. The van der Waals surface area contributed by atoms with E-state index in [1.54, 1.807) is 11.6 Å². The number of hydrogen-bond donors (Lipinski definition) is 1. The molecule has 1 aromatic carbocycles. The van der Waals surface area contributed by atoms with Crippen LogP contribution in [0.15, 0.2) is 30.3 Å². The van der Waals surface area contributed by atoms with Crippen molar-refractivity contribution in [2.45, 2.75) is 25.4 Å². The lowest BCUT2D eigenvalue weighted by atomic mass is 10.0. The summed E-state index contributed by atoms with van der Waals surface area (Å²) in [7, 11) is -0.223. The average molecular weight is 525 g/mol. The maximum Gasteiger partial charge on any atom is 0.433 e. The predicted molar refractivity (Wildman–Crippen MR) is 124 cm³/mol. The van der Waals surface area contributed by atoms with Crippen molar-refractivity contribution in [1.29, 1.82) is 0 Å². The van der Waals surface area contributed by atoms with Crippen molar-refractivity contribution < 1.29 is 35.9 Å². The van der Waals surface area contributed by atoms with Crippen molar-refractivity contribution in [3.8, 4) is 0 Å². The van der Waals surface area contributed by atoms with E-state index < -0.39 is 39.3 Å². The molecule has 1 unspecified atom stereocenters. The number of carbonyl (C=O) groups excluding carboxylic acids is 2. The van der Waals surface area contributed by atoms with Crippen LogP contribution in [0.1, 0.15) is 45.2 Å². The molecule has 3 aromatic rings. The Morgan fingerprint density at radius 2 is 1.97 bits per heavy atom. The molecule has 0 saturated carbocycles. The van der Waals surface area contributed by atoms with Crippen LogP contribution in [0, 0.1) is 5.92 Å². The molecular weight excluding hydrogens is 501 g/mol. The van der Waals surface area contributed by atoms with Crippen molar-refractivity contribution >= 4 is 38.4 Å². The molecule has 0 radical (unpaired) electrons. The molecule has 1 atom stereocenters. The average Bonchev–Trinajstić information content (AvgIpc) is 3.11. The molecule has 0 spiro atoms. The fraction of sp³-hybridized carbons (Fsp3) is 0.391. The Bertz CT molecular complexity index is 1450. The molecule has 36 heavy (non-hydrogen) atoms. The number of rotatable bonds is 5. The van der Waals surface area contributed by atoms with Crippen LogP contribution >= 0.6 is 0 Å². The summed E-state index contributed by atoms with van der Waals surface area (Å²) in [5.74, 6) is -0.959. The van der Waals surface area contributed by atoms with Gasteiger partial charge in [0, 0.05) is 13.5 Å². The van der Waals surface area contributed by atoms with E-state index in [4.69, 9.17) is 4.74 Å². The molecule has 0 bridgehead atoms. The summed E-state index contributed by atoms with van der Waals surface area (Å²) >= 11 is 0. The van der Waals surface area contributed by atoms with Gasteiger partial charge in [-0.1, -0.05) is 6.07 Å². The van der Waals surface area contributed by atoms with Crippen LogP contribution in [-0.2, 0) is 34.2 Å². The van der Waals surface area contributed by atoms with E-state index in [0.717, 1.165) is 31.7 Å². The van der Waals surface area contributed by atoms with Crippen LogP contribution in [0.4, 0.5) is 18.9 Å². The molecule has 4 rings (SSSR count). The minimum Gasteiger partial charge on any atom is -0.465 e. The summed E-state index contributed by atoms with van der Waals surface area (Å²) in [5.41, 5.74) is -0.793. The number of aromatic nitrogens is 3. The van der Waals surface area contributed by atoms with Gasteiger partial charge in [-0.3, -0.25) is 4.79 Å². The van der Waals surface area contributed by atoms with Gasteiger partial charge < -0.3 is 14.6 Å². The Morgan fingerprint density at radius 3 is 2.64 bits per heavy atom. The van der Waals surface area contributed by atoms with Gasteiger partial charge in [-0.25, -0.2) is 23.2 Å². The van der Waals surface area contributed by atoms with Crippen LogP contribution in [0.3, 0.4) is 0 Å². The van der Waals surface area contributed by atoms with E-state index >= 15 is 0 Å². The number of ether oxygens (including phenoxy) is 1. The van der Waals surface area contributed by atoms with E-state index in [1.807, 2.05) is 0 Å². The highest BCUT2D eigenvalue weighted by molar-refractivity contribution is 7.91. The highest BCUT2D eigenvalue weighted by Crippen LogP contribution is 2.30. The number of alkyl halides is 3. The number of methoxy groups -OCH3 is 1. The number of nitrogens with zero attached hydrogens (tertiary/aromatic N) is 3. The zero-order valence-electron chi connectivity index (χ0n) is 19.4. The first-order valence-corrected chi connectivity index (χ1v) is 12.8. The van der Waals surface area contributed by atoms with Crippen molar-refractivity contribution in [2.24, 2.45) is 13.0 Å². The maximum absolute atomic E-state index is 13.0. The van der Waals surface area contributed by atoms with Crippen LogP contribution < -0.4 is 5.32 Å². The van der Waals surface area contributed by atoms with E-state index in [2.05, 4.69) is 15.3 Å². The van der Waals surface area contributed by atoms with Gasteiger partial charge in [0.25, 0.3) is 5.91 Å². The molecule has 1 fully saturated rings. The smallest absolute Gasteiger partial charge is 0.433 e. The molecule has 192 valence electrons. The van der Waals surface area contributed by atoms with Crippen LogP contribution in [0.25, 0.3) is 11.0 Å². The van der Waals surface area contributed by atoms with Crippen molar-refractivity contribution in [1.82, 2.24) is 14.5 Å². The first-order valence-electron chi connectivity index (χ1n) is 11.0. The minimum atomic E-state index is -4.73. The Labute approximate surface area is 204 Å². The van der Waals surface area contributed by atoms with E-state index in [1.165, 1.54) is 12.1 Å². The first-order chi connectivity index (χ1) is 16.9. The molecule has 9 nitrogen and oxygen atoms in total. The molecule has 1 N–H and O–H groups in total. The number of anilines is 1. The van der Waals surface area contributed by atoms with Gasteiger partial charge in [-0.2, -0.15) is 13.2 Å². The monoisotopic (exact) mass is 524 g/mol. The number of benzene rings is 1. The molecular formula is C23H23F3N4O5S. The molecule has 1 amide bonds. The van der Waals surface area contributed by atoms with Crippen molar-refractivity contribution in [3.05, 3.63) is 53.1 Å². The summed E-state index contributed by atoms with van der Waals surface area (Å²) in [6.07, 6.45) is -2.98. The number of fused-ring (bicyclic) bond motifs is 1. The number of imidazole rings is 1. The number of aryl methyl sites for hydroxylation is 1.